The first-order valence-electron chi connectivity index (χ1n) is 9.23. The molecule has 0 radical (unpaired) electrons. The zero-order valence-electron chi connectivity index (χ0n) is 17.6. The minimum absolute atomic E-state index is 0.0177. The van der Waals surface area contributed by atoms with E-state index in [9.17, 15) is 14.4 Å². The molecule has 1 saturated heterocycles. The fraction of sp³-hybridized carbons (Fsp3) is 0.227. The van der Waals surface area contributed by atoms with Crippen LogP contribution in [0.5, 0.6) is 23.0 Å². The summed E-state index contributed by atoms with van der Waals surface area (Å²) in [5.74, 6) is 0.260. The number of methoxy groups -OCH3 is 4. The van der Waals surface area contributed by atoms with Crippen LogP contribution in [-0.4, -0.2) is 51.2 Å². The van der Waals surface area contributed by atoms with Gasteiger partial charge in [0.25, 0.3) is 11.8 Å². The first-order chi connectivity index (χ1) is 14.9. The number of benzene rings is 2. The lowest BCUT2D eigenvalue weighted by Crippen LogP contribution is -2.53. The van der Waals surface area contributed by atoms with E-state index in [1.807, 2.05) is 0 Å². The number of ether oxygens (including phenoxy) is 4. The molecule has 9 nitrogen and oxygen atoms in total. The van der Waals surface area contributed by atoms with Crippen molar-refractivity contribution in [2.24, 2.45) is 0 Å². The van der Waals surface area contributed by atoms with Gasteiger partial charge in [-0.05, 0) is 23.8 Å². The minimum atomic E-state index is -0.805. The molecule has 4 amide bonds. The molecule has 2 aromatic carbocycles. The summed E-state index contributed by atoms with van der Waals surface area (Å²) in [5, 5.41) is 2.20. The number of nitrogens with one attached hydrogen (secondary N) is 1. The Labute approximate surface area is 179 Å². The van der Waals surface area contributed by atoms with Crippen LogP contribution in [0, 0.1) is 0 Å². The van der Waals surface area contributed by atoms with Crippen LogP contribution in [0.25, 0.3) is 6.08 Å². The van der Waals surface area contributed by atoms with Crippen LogP contribution in [0.15, 0.2) is 42.0 Å². The van der Waals surface area contributed by atoms with E-state index in [0.717, 1.165) is 4.90 Å². The Morgan fingerprint density at radius 1 is 0.839 bits per heavy atom. The Morgan fingerprint density at radius 3 is 1.94 bits per heavy atom. The molecule has 1 aliphatic rings. The van der Waals surface area contributed by atoms with Gasteiger partial charge in [-0.2, -0.15) is 0 Å². The lowest BCUT2D eigenvalue weighted by atomic mass is 10.0. The highest BCUT2D eigenvalue weighted by molar-refractivity contribution is 6.31. The van der Waals surface area contributed by atoms with Gasteiger partial charge in [0, 0.05) is 12.1 Å². The number of urea groups is 1. The first-order valence-corrected chi connectivity index (χ1v) is 9.23. The molecule has 9 heteroatoms. The number of carbonyl (C=O) groups excluding carboxylic acids is 3. The van der Waals surface area contributed by atoms with Crippen molar-refractivity contribution in [2.75, 3.05) is 28.4 Å². The van der Waals surface area contributed by atoms with Gasteiger partial charge in [-0.3, -0.25) is 19.8 Å². The van der Waals surface area contributed by atoms with Gasteiger partial charge in [0.15, 0.2) is 0 Å². The van der Waals surface area contributed by atoms with Crippen LogP contribution in [-0.2, 0) is 16.1 Å². The number of carbonyl (C=O) groups is 3. The second kappa shape index (κ2) is 9.21. The average Bonchev–Trinajstić information content (AvgIpc) is 2.79. The number of hydrogen-bond acceptors (Lipinski definition) is 7. The van der Waals surface area contributed by atoms with Gasteiger partial charge in [0.2, 0.25) is 0 Å². The maximum atomic E-state index is 13.0. The molecule has 0 aliphatic carbocycles. The van der Waals surface area contributed by atoms with Gasteiger partial charge in [0.05, 0.1) is 40.5 Å². The Bertz CT molecular complexity index is 1020. The number of hydrogen-bond donors (Lipinski definition) is 1. The molecule has 1 N–H and O–H groups in total. The van der Waals surface area contributed by atoms with E-state index in [1.165, 1.54) is 27.4 Å². The second-order valence-electron chi connectivity index (χ2n) is 6.50. The second-order valence-corrected chi connectivity index (χ2v) is 6.50. The quantitative estimate of drug-likeness (QED) is 0.536. The molecule has 2 aromatic rings. The van der Waals surface area contributed by atoms with Gasteiger partial charge in [-0.25, -0.2) is 4.79 Å². The summed E-state index contributed by atoms with van der Waals surface area (Å²) in [6.45, 7) is -0.0177. The fourth-order valence-electron chi connectivity index (χ4n) is 3.07. The molecule has 1 aliphatic heterocycles. The van der Waals surface area contributed by atoms with Crippen molar-refractivity contribution in [1.82, 2.24) is 10.2 Å². The van der Waals surface area contributed by atoms with E-state index in [1.54, 1.807) is 43.5 Å². The molecule has 0 saturated carbocycles. The first kappa shape index (κ1) is 21.7. The monoisotopic (exact) mass is 426 g/mol. The van der Waals surface area contributed by atoms with Crippen molar-refractivity contribution in [2.45, 2.75) is 6.54 Å². The van der Waals surface area contributed by atoms with E-state index in [0.29, 0.717) is 34.1 Å². The fourth-order valence-corrected chi connectivity index (χ4v) is 3.07. The van der Waals surface area contributed by atoms with E-state index >= 15 is 0 Å². The van der Waals surface area contributed by atoms with Gasteiger partial charge < -0.3 is 18.9 Å². The van der Waals surface area contributed by atoms with Crippen LogP contribution < -0.4 is 24.3 Å². The molecule has 162 valence electrons. The summed E-state index contributed by atoms with van der Waals surface area (Å²) in [5.41, 5.74) is 0.829. The van der Waals surface area contributed by atoms with E-state index < -0.39 is 17.8 Å². The molecule has 1 fully saturated rings. The lowest BCUT2D eigenvalue weighted by Gasteiger charge is -2.26. The summed E-state index contributed by atoms with van der Waals surface area (Å²) in [4.78, 5) is 38.8. The summed E-state index contributed by atoms with van der Waals surface area (Å²) in [6.07, 6.45) is 1.34. The topological polar surface area (TPSA) is 103 Å². The van der Waals surface area contributed by atoms with E-state index in [4.69, 9.17) is 18.9 Å². The Kier molecular flexibility index (Phi) is 6.44. The molecule has 3 rings (SSSR count). The predicted octanol–water partition coefficient (Wildman–Crippen LogP) is 2.38. The molecule has 1 heterocycles. The third-order valence-electron chi connectivity index (χ3n) is 4.73. The van der Waals surface area contributed by atoms with Crippen molar-refractivity contribution in [3.63, 3.8) is 0 Å². The number of nitrogens with zero attached hydrogens (tertiary/aromatic N) is 1. The summed E-state index contributed by atoms with van der Waals surface area (Å²) in [7, 11) is 5.92. The van der Waals surface area contributed by atoms with Gasteiger partial charge in [-0.15, -0.1) is 0 Å². The number of rotatable bonds is 7. The summed E-state index contributed by atoms with van der Waals surface area (Å²) in [6, 6.07) is 9.30. The maximum Gasteiger partial charge on any atom is 0.331 e. The largest absolute Gasteiger partial charge is 0.497 e. The minimum Gasteiger partial charge on any atom is -0.497 e. The zero-order valence-corrected chi connectivity index (χ0v) is 17.6. The van der Waals surface area contributed by atoms with E-state index in [-0.39, 0.29) is 12.1 Å². The van der Waals surface area contributed by atoms with Crippen LogP contribution in [0.4, 0.5) is 4.79 Å². The van der Waals surface area contributed by atoms with Crippen LogP contribution in [0.1, 0.15) is 11.1 Å². The lowest BCUT2D eigenvalue weighted by molar-refractivity contribution is -0.130. The summed E-state index contributed by atoms with van der Waals surface area (Å²) >= 11 is 0. The highest BCUT2D eigenvalue weighted by Gasteiger charge is 2.36. The van der Waals surface area contributed by atoms with Crippen molar-refractivity contribution < 1.29 is 33.3 Å². The molecular formula is C22H22N2O7. The Hall–Kier alpha value is -4.01. The number of imide groups is 2. The normalized spacial score (nSPS) is 15.0. The van der Waals surface area contributed by atoms with Crippen molar-refractivity contribution in [3.8, 4) is 23.0 Å². The van der Waals surface area contributed by atoms with Crippen molar-refractivity contribution in [1.29, 1.82) is 0 Å². The predicted molar refractivity (Wildman–Crippen MR) is 111 cm³/mol. The molecular weight excluding hydrogens is 404 g/mol. The van der Waals surface area contributed by atoms with Crippen molar-refractivity contribution in [3.05, 3.63) is 53.1 Å². The molecule has 31 heavy (non-hydrogen) atoms. The highest BCUT2D eigenvalue weighted by Crippen LogP contribution is 2.36. The third kappa shape index (κ3) is 4.45. The standard InChI is InChI=1S/C22H22N2O7/c1-28-14-7-5-13(6-8-14)12-24-21(26)17(20(25)23-22(24)27)11-16-18(30-3)9-15(29-2)10-19(16)31-4/h5-11H,12H2,1-4H3,(H,23,25,27). The molecule has 0 aromatic heterocycles. The average molecular weight is 426 g/mol. The van der Waals surface area contributed by atoms with Gasteiger partial charge in [0.1, 0.15) is 28.6 Å². The molecule has 0 bridgehead atoms. The molecule has 0 spiro atoms. The van der Waals surface area contributed by atoms with Gasteiger partial charge in [-0.1, -0.05) is 12.1 Å². The van der Waals surface area contributed by atoms with Crippen molar-refractivity contribution >= 4 is 23.9 Å². The number of barbiturate groups is 1. The molecule has 0 atom stereocenters. The highest BCUT2D eigenvalue weighted by atomic mass is 16.5. The number of amides is 4. The smallest absolute Gasteiger partial charge is 0.331 e. The Balaban J connectivity index is 1.99. The van der Waals surface area contributed by atoms with Crippen LogP contribution in [0.2, 0.25) is 0 Å². The zero-order chi connectivity index (χ0) is 22.5. The SMILES string of the molecule is COc1ccc(CN2C(=O)NC(=O)C(=Cc3c(OC)cc(OC)cc3OC)C2=O)cc1. The maximum absolute atomic E-state index is 13.0. The Morgan fingerprint density at radius 2 is 1.42 bits per heavy atom. The molecule has 0 unspecified atom stereocenters. The van der Waals surface area contributed by atoms with E-state index in [2.05, 4.69) is 5.32 Å². The van der Waals surface area contributed by atoms with Crippen LogP contribution >= 0.6 is 0 Å². The summed E-state index contributed by atoms with van der Waals surface area (Å²) < 4.78 is 21.1. The van der Waals surface area contributed by atoms with Crippen LogP contribution in [0.3, 0.4) is 0 Å². The third-order valence-corrected chi connectivity index (χ3v) is 4.73. The van der Waals surface area contributed by atoms with Gasteiger partial charge >= 0.3 is 6.03 Å².